The Hall–Kier alpha value is -2.22. The van der Waals surface area contributed by atoms with Gasteiger partial charge in [0, 0.05) is 13.1 Å². The minimum atomic E-state index is 0.585. The lowest BCUT2D eigenvalue weighted by Crippen LogP contribution is -2.29. The maximum absolute atomic E-state index is 5.97. The molecule has 0 unspecified atom stereocenters. The van der Waals surface area contributed by atoms with E-state index in [1.807, 2.05) is 0 Å². The minimum absolute atomic E-state index is 0.585. The molecule has 0 atom stereocenters. The van der Waals surface area contributed by atoms with Crippen LogP contribution < -0.4 is 0 Å². The van der Waals surface area contributed by atoms with Gasteiger partial charge in [-0.1, -0.05) is 48.5 Å². The van der Waals surface area contributed by atoms with E-state index in [1.165, 1.54) is 41.5 Å². The first-order valence-corrected chi connectivity index (χ1v) is 8.46. The van der Waals surface area contributed by atoms with Crippen LogP contribution in [0.4, 0.5) is 0 Å². The minimum Gasteiger partial charge on any atom is -0.475 e. The third kappa shape index (κ3) is 3.76. The zero-order chi connectivity index (χ0) is 16.1. The van der Waals surface area contributed by atoms with Crippen molar-refractivity contribution in [2.45, 2.75) is 32.8 Å². The van der Waals surface area contributed by atoms with Crippen LogP contribution in [-0.4, -0.2) is 18.0 Å². The third-order valence-electron chi connectivity index (χ3n) is 4.63. The normalized spacial score (nSPS) is 14.6. The van der Waals surface area contributed by atoms with Crippen molar-refractivity contribution < 1.29 is 4.74 Å². The Kier molecular flexibility index (Phi) is 5.02. The number of nitrogens with zero attached hydrogens (tertiary/aromatic N) is 1. The molecule has 23 heavy (non-hydrogen) atoms. The molecule has 1 saturated heterocycles. The van der Waals surface area contributed by atoms with E-state index in [9.17, 15) is 0 Å². The summed E-state index contributed by atoms with van der Waals surface area (Å²) in [6, 6.07) is 16.9. The molecule has 1 aliphatic rings. The van der Waals surface area contributed by atoms with Gasteiger partial charge in [-0.2, -0.15) is 0 Å². The number of piperidine rings is 1. The van der Waals surface area contributed by atoms with E-state index in [1.54, 1.807) is 0 Å². The lowest BCUT2D eigenvalue weighted by Gasteiger charge is -2.30. The first-order valence-electron chi connectivity index (χ1n) is 8.46. The Balaban J connectivity index is 1.70. The molecule has 1 fully saturated rings. The summed E-state index contributed by atoms with van der Waals surface area (Å²) >= 11 is 0. The lowest BCUT2D eigenvalue weighted by molar-refractivity contribution is 0.0917. The number of likely N-dealkylation sites (tertiary alicyclic amines) is 1. The Bertz CT molecular complexity index is 657. The molecular weight excluding hydrogens is 282 g/mol. The van der Waals surface area contributed by atoms with E-state index in [-0.39, 0.29) is 0 Å². The highest BCUT2D eigenvalue weighted by atomic mass is 16.5. The molecule has 1 heterocycles. The van der Waals surface area contributed by atoms with Crippen LogP contribution in [0.15, 0.2) is 61.0 Å². The lowest BCUT2D eigenvalue weighted by atomic mass is 9.97. The van der Waals surface area contributed by atoms with Crippen molar-refractivity contribution in [3.8, 4) is 11.1 Å². The van der Waals surface area contributed by atoms with Crippen molar-refractivity contribution in [1.82, 2.24) is 4.90 Å². The summed E-state index contributed by atoms with van der Waals surface area (Å²) in [5.74, 6) is 0.814. The summed E-state index contributed by atoms with van der Waals surface area (Å²) < 4.78 is 5.97. The van der Waals surface area contributed by atoms with Gasteiger partial charge in [0.1, 0.15) is 6.61 Å². The van der Waals surface area contributed by atoms with Gasteiger partial charge in [-0.05, 0) is 55.0 Å². The van der Waals surface area contributed by atoms with E-state index >= 15 is 0 Å². The number of hydrogen-bond acceptors (Lipinski definition) is 2. The smallest absolute Gasteiger partial charge is 0.182 e. The molecule has 120 valence electrons. The number of rotatable bonds is 5. The van der Waals surface area contributed by atoms with Gasteiger partial charge >= 0.3 is 0 Å². The Labute approximate surface area is 139 Å². The molecule has 0 N–H and O–H groups in total. The van der Waals surface area contributed by atoms with Crippen molar-refractivity contribution in [1.29, 1.82) is 0 Å². The molecule has 2 heteroatoms. The molecule has 0 saturated carbocycles. The predicted octanol–water partition coefficient (Wildman–Crippen LogP) is 5.14. The first kappa shape index (κ1) is 15.7. The zero-order valence-electron chi connectivity index (χ0n) is 13.9. The highest BCUT2D eigenvalue weighted by Gasteiger charge is 2.13. The van der Waals surface area contributed by atoms with Gasteiger partial charge in [-0.25, -0.2) is 0 Å². The van der Waals surface area contributed by atoms with Crippen LogP contribution in [0.2, 0.25) is 0 Å². The van der Waals surface area contributed by atoms with Gasteiger partial charge in [0.2, 0.25) is 0 Å². The van der Waals surface area contributed by atoms with Crippen molar-refractivity contribution in [3.05, 3.63) is 72.1 Å². The molecule has 0 radical (unpaired) electrons. The van der Waals surface area contributed by atoms with E-state index in [2.05, 4.69) is 66.9 Å². The van der Waals surface area contributed by atoms with Crippen LogP contribution in [0, 0.1) is 6.92 Å². The molecular formula is C21H25NO. The van der Waals surface area contributed by atoms with Crippen molar-refractivity contribution in [2.75, 3.05) is 13.1 Å². The van der Waals surface area contributed by atoms with Gasteiger partial charge in [-0.15, -0.1) is 0 Å². The second-order valence-corrected chi connectivity index (χ2v) is 6.19. The molecule has 0 aliphatic carbocycles. The summed E-state index contributed by atoms with van der Waals surface area (Å²) in [6.45, 7) is 9.01. The van der Waals surface area contributed by atoms with Crippen LogP contribution in [0.3, 0.4) is 0 Å². The fourth-order valence-corrected chi connectivity index (χ4v) is 3.17. The molecule has 0 spiro atoms. The molecule has 1 aliphatic heterocycles. The highest BCUT2D eigenvalue weighted by Crippen LogP contribution is 2.26. The molecule has 0 amide bonds. The first-order chi connectivity index (χ1) is 11.3. The van der Waals surface area contributed by atoms with E-state index < -0.39 is 0 Å². The van der Waals surface area contributed by atoms with E-state index in [0.717, 1.165) is 19.0 Å². The zero-order valence-corrected chi connectivity index (χ0v) is 13.9. The second kappa shape index (κ2) is 7.36. The molecule has 2 aromatic carbocycles. The molecule has 2 nitrogen and oxygen atoms in total. The number of hydrogen-bond donors (Lipinski definition) is 0. The Morgan fingerprint density at radius 3 is 2.48 bits per heavy atom. The summed E-state index contributed by atoms with van der Waals surface area (Å²) in [5.41, 5.74) is 5.03. The summed E-state index contributed by atoms with van der Waals surface area (Å²) in [7, 11) is 0. The van der Waals surface area contributed by atoms with Crippen molar-refractivity contribution >= 4 is 0 Å². The van der Waals surface area contributed by atoms with Crippen LogP contribution in [-0.2, 0) is 11.3 Å². The van der Waals surface area contributed by atoms with E-state index in [0.29, 0.717) is 6.61 Å². The van der Waals surface area contributed by atoms with Gasteiger partial charge in [0.05, 0.1) is 0 Å². The molecule has 2 aromatic rings. The van der Waals surface area contributed by atoms with Gasteiger partial charge in [0.15, 0.2) is 5.88 Å². The van der Waals surface area contributed by atoms with Crippen molar-refractivity contribution in [2.24, 2.45) is 0 Å². The predicted molar refractivity (Wildman–Crippen MR) is 96.0 cm³/mol. The van der Waals surface area contributed by atoms with Crippen LogP contribution in [0.25, 0.3) is 11.1 Å². The average molecular weight is 307 g/mol. The fourth-order valence-electron chi connectivity index (χ4n) is 3.17. The summed E-state index contributed by atoms with van der Waals surface area (Å²) in [6.07, 6.45) is 3.80. The third-order valence-corrected chi connectivity index (χ3v) is 4.63. The summed E-state index contributed by atoms with van der Waals surface area (Å²) in [5, 5.41) is 0. The monoisotopic (exact) mass is 307 g/mol. The van der Waals surface area contributed by atoms with Crippen molar-refractivity contribution in [3.63, 3.8) is 0 Å². The average Bonchev–Trinajstić information content (AvgIpc) is 2.62. The number of ether oxygens (including phenoxy) is 1. The van der Waals surface area contributed by atoms with E-state index in [4.69, 9.17) is 4.74 Å². The topological polar surface area (TPSA) is 12.5 Å². The van der Waals surface area contributed by atoms with Gasteiger partial charge in [-0.3, -0.25) is 0 Å². The maximum Gasteiger partial charge on any atom is 0.182 e. The Morgan fingerprint density at radius 1 is 1.00 bits per heavy atom. The molecule has 0 aromatic heterocycles. The van der Waals surface area contributed by atoms with Crippen LogP contribution in [0.1, 0.15) is 30.4 Å². The largest absolute Gasteiger partial charge is 0.475 e. The second-order valence-electron chi connectivity index (χ2n) is 6.19. The maximum atomic E-state index is 5.97. The molecule has 3 rings (SSSR count). The molecule has 0 bridgehead atoms. The Morgan fingerprint density at radius 2 is 1.74 bits per heavy atom. The highest BCUT2D eigenvalue weighted by molar-refractivity contribution is 5.68. The fraction of sp³-hybridized carbons (Fsp3) is 0.333. The quantitative estimate of drug-likeness (QED) is 0.710. The van der Waals surface area contributed by atoms with Gasteiger partial charge < -0.3 is 9.64 Å². The standard InChI is InChI=1S/C21H25NO/c1-17-20(16-23-18(2)22-14-7-4-8-15-22)12-9-13-21(17)19-10-5-3-6-11-19/h3,5-6,9-13H,2,4,7-8,14-16H2,1H3. The number of benzene rings is 2. The van der Waals surface area contributed by atoms with Crippen LogP contribution >= 0.6 is 0 Å². The summed E-state index contributed by atoms with van der Waals surface area (Å²) in [4.78, 5) is 2.26. The SMILES string of the molecule is C=C(OCc1cccc(-c2ccccc2)c1C)N1CCCCC1. The van der Waals surface area contributed by atoms with Crippen LogP contribution in [0.5, 0.6) is 0 Å². The van der Waals surface area contributed by atoms with Gasteiger partial charge in [0.25, 0.3) is 0 Å².